The van der Waals surface area contributed by atoms with Gasteiger partial charge in [-0.1, -0.05) is 23.7 Å². The number of fused-ring (bicyclic) bond motifs is 1. The highest BCUT2D eigenvalue weighted by molar-refractivity contribution is 7.92. The van der Waals surface area contributed by atoms with Crippen LogP contribution < -0.4 is 4.72 Å². The van der Waals surface area contributed by atoms with Crippen molar-refractivity contribution in [3.05, 3.63) is 54.1 Å². The Labute approximate surface area is 133 Å². The minimum absolute atomic E-state index is 0.108. The summed E-state index contributed by atoms with van der Waals surface area (Å²) in [6.07, 6.45) is 6.18. The van der Waals surface area contributed by atoms with Crippen LogP contribution in [-0.4, -0.2) is 24.6 Å². The van der Waals surface area contributed by atoms with Gasteiger partial charge in [-0.05, 0) is 29.1 Å². The van der Waals surface area contributed by atoms with Gasteiger partial charge in [-0.2, -0.15) is 0 Å². The number of rotatable bonds is 3. The summed E-state index contributed by atoms with van der Waals surface area (Å²) in [5.74, 6) is 0. The quantitative estimate of drug-likeness (QED) is 0.746. The molecule has 3 rings (SSSR count). The molecule has 0 fully saturated rings. The van der Waals surface area contributed by atoms with Gasteiger partial charge in [-0.25, -0.2) is 13.4 Å². The van der Waals surface area contributed by atoms with Crippen LogP contribution in [0.25, 0.3) is 21.9 Å². The van der Waals surface area contributed by atoms with Gasteiger partial charge in [0.1, 0.15) is 0 Å². The molecule has 0 radical (unpaired) electrons. The Balaban J connectivity index is 2.08. The molecule has 2 aromatic heterocycles. The van der Waals surface area contributed by atoms with E-state index in [2.05, 4.69) is 14.7 Å². The van der Waals surface area contributed by atoms with Gasteiger partial charge in [0.15, 0.2) is 5.15 Å². The SMILES string of the molecule is CS(=O)(=O)Nc1cc(-c2ccc3ccncc3c2)cnc1Cl. The van der Waals surface area contributed by atoms with E-state index in [1.165, 1.54) is 0 Å². The van der Waals surface area contributed by atoms with E-state index in [0.717, 1.165) is 28.2 Å². The fourth-order valence-electron chi connectivity index (χ4n) is 2.14. The molecule has 7 heteroatoms. The molecule has 112 valence electrons. The highest BCUT2D eigenvalue weighted by atomic mass is 35.5. The van der Waals surface area contributed by atoms with Crippen molar-refractivity contribution in [3.8, 4) is 11.1 Å². The number of halogens is 1. The second kappa shape index (κ2) is 5.55. The Morgan fingerprint density at radius 1 is 1.05 bits per heavy atom. The lowest BCUT2D eigenvalue weighted by Crippen LogP contribution is -2.10. The minimum atomic E-state index is -3.42. The Hall–Kier alpha value is -2.18. The lowest BCUT2D eigenvalue weighted by Gasteiger charge is -2.09. The number of nitrogens with zero attached hydrogens (tertiary/aromatic N) is 2. The van der Waals surface area contributed by atoms with Gasteiger partial charge >= 0.3 is 0 Å². The van der Waals surface area contributed by atoms with Crippen LogP contribution in [0.3, 0.4) is 0 Å². The largest absolute Gasteiger partial charge is 0.281 e. The molecule has 0 aliphatic carbocycles. The molecule has 3 aromatic rings. The summed E-state index contributed by atoms with van der Waals surface area (Å²) in [5.41, 5.74) is 1.93. The first-order chi connectivity index (χ1) is 10.4. The smallest absolute Gasteiger partial charge is 0.229 e. The maximum absolute atomic E-state index is 11.4. The highest BCUT2D eigenvalue weighted by Gasteiger charge is 2.10. The minimum Gasteiger partial charge on any atom is -0.281 e. The molecule has 0 saturated carbocycles. The first-order valence-electron chi connectivity index (χ1n) is 6.40. The second-order valence-electron chi connectivity index (χ2n) is 4.87. The molecule has 0 saturated heterocycles. The molecule has 0 atom stereocenters. The van der Waals surface area contributed by atoms with Gasteiger partial charge in [-0.15, -0.1) is 0 Å². The molecule has 1 aromatic carbocycles. The monoisotopic (exact) mass is 333 g/mol. The molecule has 0 unspecified atom stereocenters. The van der Waals surface area contributed by atoms with Crippen LogP contribution in [0.15, 0.2) is 48.9 Å². The number of hydrogen-bond acceptors (Lipinski definition) is 4. The van der Waals surface area contributed by atoms with E-state index in [4.69, 9.17) is 11.6 Å². The van der Waals surface area contributed by atoms with E-state index in [-0.39, 0.29) is 10.8 Å². The van der Waals surface area contributed by atoms with Gasteiger partial charge in [-0.3, -0.25) is 9.71 Å². The predicted octanol–water partition coefficient (Wildman–Crippen LogP) is 3.32. The molecule has 22 heavy (non-hydrogen) atoms. The molecular formula is C15H12ClN3O2S. The zero-order valence-electron chi connectivity index (χ0n) is 11.6. The Morgan fingerprint density at radius 3 is 2.64 bits per heavy atom. The maximum Gasteiger partial charge on any atom is 0.229 e. The maximum atomic E-state index is 11.4. The average Bonchev–Trinajstić information content (AvgIpc) is 2.48. The standard InChI is InChI=1S/C15H12ClN3O2S/c1-22(20,21)19-14-7-13(9-18-15(14)16)11-3-2-10-4-5-17-8-12(10)6-11/h2-9,19H,1H3. The number of aromatic nitrogens is 2. The third-order valence-electron chi connectivity index (χ3n) is 3.11. The third-order valence-corrected chi connectivity index (χ3v) is 4.00. The Morgan fingerprint density at radius 2 is 1.86 bits per heavy atom. The average molecular weight is 334 g/mol. The molecule has 0 aliphatic heterocycles. The van der Waals surface area contributed by atoms with Crippen molar-refractivity contribution in [2.24, 2.45) is 0 Å². The highest BCUT2D eigenvalue weighted by Crippen LogP contribution is 2.29. The van der Waals surface area contributed by atoms with E-state index in [9.17, 15) is 8.42 Å². The van der Waals surface area contributed by atoms with Gasteiger partial charge in [0.2, 0.25) is 10.0 Å². The van der Waals surface area contributed by atoms with E-state index >= 15 is 0 Å². The molecule has 0 bridgehead atoms. The molecule has 0 amide bonds. The second-order valence-corrected chi connectivity index (χ2v) is 6.98. The van der Waals surface area contributed by atoms with Crippen LogP contribution in [0.4, 0.5) is 5.69 Å². The fourth-order valence-corrected chi connectivity index (χ4v) is 2.90. The number of anilines is 1. The van der Waals surface area contributed by atoms with Crippen LogP contribution in [0.2, 0.25) is 5.15 Å². The van der Waals surface area contributed by atoms with Crippen molar-refractivity contribution in [1.29, 1.82) is 0 Å². The van der Waals surface area contributed by atoms with Gasteiger partial charge in [0.25, 0.3) is 0 Å². The van der Waals surface area contributed by atoms with Crippen LogP contribution >= 0.6 is 11.6 Å². The van der Waals surface area contributed by atoms with Crippen molar-refractivity contribution >= 4 is 38.1 Å². The Kier molecular flexibility index (Phi) is 3.72. The van der Waals surface area contributed by atoms with E-state index in [1.54, 1.807) is 24.7 Å². The first kappa shape index (κ1) is 14.7. The van der Waals surface area contributed by atoms with Crippen LogP contribution in [0.5, 0.6) is 0 Å². The summed E-state index contributed by atoms with van der Waals surface area (Å²) < 4.78 is 25.1. The zero-order valence-corrected chi connectivity index (χ0v) is 13.2. The number of pyridine rings is 2. The van der Waals surface area contributed by atoms with E-state index in [0.29, 0.717) is 0 Å². The third kappa shape index (κ3) is 3.18. The summed E-state index contributed by atoms with van der Waals surface area (Å²) in [6, 6.07) is 9.48. The summed E-state index contributed by atoms with van der Waals surface area (Å²) >= 11 is 5.94. The lowest BCUT2D eigenvalue weighted by molar-refractivity contribution is 0.607. The van der Waals surface area contributed by atoms with Crippen LogP contribution in [0.1, 0.15) is 0 Å². The first-order valence-corrected chi connectivity index (χ1v) is 8.67. The molecule has 5 nitrogen and oxygen atoms in total. The van der Waals surface area contributed by atoms with E-state index < -0.39 is 10.0 Å². The topological polar surface area (TPSA) is 72.0 Å². The van der Waals surface area contributed by atoms with Crippen molar-refractivity contribution in [3.63, 3.8) is 0 Å². The summed E-state index contributed by atoms with van der Waals surface area (Å²) in [7, 11) is -3.42. The lowest BCUT2D eigenvalue weighted by atomic mass is 10.0. The normalized spacial score (nSPS) is 11.5. The number of sulfonamides is 1. The van der Waals surface area contributed by atoms with Crippen molar-refractivity contribution in [2.75, 3.05) is 11.0 Å². The van der Waals surface area contributed by atoms with Crippen LogP contribution in [0, 0.1) is 0 Å². The zero-order chi connectivity index (χ0) is 15.7. The fraction of sp³-hybridized carbons (Fsp3) is 0.0667. The Bertz CT molecular complexity index is 958. The van der Waals surface area contributed by atoms with Crippen LogP contribution in [-0.2, 0) is 10.0 Å². The van der Waals surface area contributed by atoms with Crippen molar-refractivity contribution in [1.82, 2.24) is 9.97 Å². The molecule has 0 aliphatic rings. The number of nitrogens with one attached hydrogen (secondary N) is 1. The van der Waals surface area contributed by atoms with E-state index in [1.807, 2.05) is 24.3 Å². The predicted molar refractivity (Wildman–Crippen MR) is 88.5 cm³/mol. The summed E-state index contributed by atoms with van der Waals surface area (Å²) in [5, 5.41) is 2.18. The number of benzene rings is 1. The summed E-state index contributed by atoms with van der Waals surface area (Å²) in [4.78, 5) is 8.14. The van der Waals surface area contributed by atoms with Gasteiger partial charge in [0.05, 0.1) is 11.9 Å². The van der Waals surface area contributed by atoms with Gasteiger partial charge in [0, 0.05) is 29.5 Å². The van der Waals surface area contributed by atoms with Crippen molar-refractivity contribution in [2.45, 2.75) is 0 Å². The summed E-state index contributed by atoms with van der Waals surface area (Å²) in [6.45, 7) is 0. The van der Waals surface area contributed by atoms with Crippen molar-refractivity contribution < 1.29 is 8.42 Å². The molecule has 1 N–H and O–H groups in total. The number of hydrogen-bond donors (Lipinski definition) is 1. The van der Waals surface area contributed by atoms with Gasteiger partial charge < -0.3 is 0 Å². The molecule has 0 spiro atoms. The molecular weight excluding hydrogens is 322 g/mol. The molecule has 2 heterocycles.